The Balaban J connectivity index is 1.74. The molecule has 1 heterocycles. The molecule has 1 amide bonds. The van der Waals surface area contributed by atoms with Crippen LogP contribution in [-0.4, -0.2) is 21.7 Å². The van der Waals surface area contributed by atoms with Crippen LogP contribution in [0.4, 0.5) is 0 Å². The number of carbonyl (C=O) groups excluding carboxylic acids is 1. The summed E-state index contributed by atoms with van der Waals surface area (Å²) in [4.78, 5) is 12.4. The summed E-state index contributed by atoms with van der Waals surface area (Å²) < 4.78 is 1.88. The number of benzene rings is 1. The molecule has 0 atom stereocenters. The van der Waals surface area contributed by atoms with E-state index in [1.165, 1.54) is 19.3 Å². The molecule has 1 aliphatic rings. The SMILES string of the molecule is Cc1nn(-c2ccc(Cl)cc2)c(C)c1CC(=O)NC1CCCCC1. The highest BCUT2D eigenvalue weighted by Crippen LogP contribution is 2.21. The molecule has 5 heteroatoms. The lowest BCUT2D eigenvalue weighted by molar-refractivity contribution is -0.121. The van der Waals surface area contributed by atoms with Crippen LogP contribution in [0.1, 0.15) is 49.1 Å². The van der Waals surface area contributed by atoms with E-state index in [1.807, 2.05) is 42.8 Å². The van der Waals surface area contributed by atoms with E-state index in [2.05, 4.69) is 10.4 Å². The van der Waals surface area contributed by atoms with Crippen molar-refractivity contribution < 1.29 is 4.79 Å². The van der Waals surface area contributed by atoms with E-state index in [-0.39, 0.29) is 5.91 Å². The molecule has 0 saturated heterocycles. The molecule has 1 fully saturated rings. The highest BCUT2D eigenvalue weighted by atomic mass is 35.5. The molecule has 1 aromatic carbocycles. The molecule has 0 spiro atoms. The van der Waals surface area contributed by atoms with Crippen molar-refractivity contribution in [2.45, 2.75) is 58.4 Å². The fourth-order valence-electron chi connectivity index (χ4n) is 3.45. The van der Waals surface area contributed by atoms with Crippen molar-refractivity contribution in [3.63, 3.8) is 0 Å². The third-order valence-electron chi connectivity index (χ3n) is 4.82. The molecule has 4 nitrogen and oxygen atoms in total. The van der Waals surface area contributed by atoms with Gasteiger partial charge in [0.1, 0.15) is 0 Å². The molecule has 0 bridgehead atoms. The molecule has 1 aromatic heterocycles. The van der Waals surface area contributed by atoms with Gasteiger partial charge in [-0.15, -0.1) is 0 Å². The molecule has 24 heavy (non-hydrogen) atoms. The van der Waals surface area contributed by atoms with Crippen molar-refractivity contribution in [1.29, 1.82) is 0 Å². The molecular formula is C19H24ClN3O. The maximum absolute atomic E-state index is 12.4. The zero-order valence-corrected chi connectivity index (χ0v) is 15.1. The Labute approximate surface area is 148 Å². The second kappa shape index (κ2) is 7.39. The topological polar surface area (TPSA) is 46.9 Å². The summed E-state index contributed by atoms with van der Waals surface area (Å²) in [5, 5.41) is 8.49. The van der Waals surface area contributed by atoms with E-state index in [9.17, 15) is 4.79 Å². The Hall–Kier alpha value is -1.81. The van der Waals surface area contributed by atoms with Crippen molar-refractivity contribution in [3.8, 4) is 5.69 Å². The van der Waals surface area contributed by atoms with Crippen LogP contribution < -0.4 is 5.32 Å². The molecular weight excluding hydrogens is 322 g/mol. The molecule has 128 valence electrons. The third kappa shape index (κ3) is 3.81. The number of nitrogens with one attached hydrogen (secondary N) is 1. The van der Waals surface area contributed by atoms with Gasteiger partial charge in [0.05, 0.1) is 17.8 Å². The summed E-state index contributed by atoms with van der Waals surface area (Å²) in [7, 11) is 0. The first kappa shape index (κ1) is 17.0. The third-order valence-corrected chi connectivity index (χ3v) is 5.07. The molecule has 1 saturated carbocycles. The number of aromatic nitrogens is 2. The van der Waals surface area contributed by atoms with Crippen molar-refractivity contribution in [3.05, 3.63) is 46.2 Å². The van der Waals surface area contributed by atoms with Gasteiger partial charge in [0.25, 0.3) is 0 Å². The predicted molar refractivity (Wildman–Crippen MR) is 96.8 cm³/mol. The monoisotopic (exact) mass is 345 g/mol. The summed E-state index contributed by atoms with van der Waals surface area (Å²) in [5.41, 5.74) is 3.88. The average Bonchev–Trinajstić information content (AvgIpc) is 2.85. The number of hydrogen-bond acceptors (Lipinski definition) is 2. The van der Waals surface area contributed by atoms with Gasteiger partial charge in [0.2, 0.25) is 5.91 Å². The quantitative estimate of drug-likeness (QED) is 0.905. The number of nitrogens with zero attached hydrogens (tertiary/aromatic N) is 2. The average molecular weight is 346 g/mol. The van der Waals surface area contributed by atoms with Crippen LogP contribution in [0.25, 0.3) is 5.69 Å². The van der Waals surface area contributed by atoms with Gasteiger partial charge in [-0.05, 0) is 51.0 Å². The minimum atomic E-state index is 0.101. The molecule has 0 unspecified atom stereocenters. The molecule has 0 aliphatic heterocycles. The second-order valence-electron chi connectivity index (χ2n) is 6.62. The van der Waals surface area contributed by atoms with E-state index in [1.54, 1.807) is 0 Å². The molecule has 1 N–H and O–H groups in total. The smallest absolute Gasteiger partial charge is 0.224 e. The summed E-state index contributed by atoms with van der Waals surface area (Å²) in [6, 6.07) is 7.92. The highest BCUT2D eigenvalue weighted by Gasteiger charge is 2.19. The predicted octanol–water partition coefficient (Wildman–Crippen LogP) is 4.13. The fraction of sp³-hybridized carbons (Fsp3) is 0.474. The van der Waals surface area contributed by atoms with Gasteiger partial charge in [0.15, 0.2) is 0 Å². The Bertz CT molecular complexity index is 715. The maximum atomic E-state index is 12.4. The minimum absolute atomic E-state index is 0.101. The van der Waals surface area contributed by atoms with Crippen molar-refractivity contribution in [1.82, 2.24) is 15.1 Å². The lowest BCUT2D eigenvalue weighted by atomic mass is 9.95. The molecule has 3 rings (SSSR count). The van der Waals surface area contributed by atoms with Crippen molar-refractivity contribution >= 4 is 17.5 Å². The van der Waals surface area contributed by atoms with Crippen LogP contribution in [0.3, 0.4) is 0 Å². The number of amides is 1. The van der Waals surface area contributed by atoms with Crippen LogP contribution in [0.15, 0.2) is 24.3 Å². The number of hydrogen-bond donors (Lipinski definition) is 1. The molecule has 1 aliphatic carbocycles. The number of aryl methyl sites for hydroxylation is 1. The largest absolute Gasteiger partial charge is 0.353 e. The van der Waals surface area contributed by atoms with Gasteiger partial charge in [-0.25, -0.2) is 4.68 Å². The first-order valence-electron chi connectivity index (χ1n) is 8.65. The van der Waals surface area contributed by atoms with Gasteiger partial charge in [0, 0.05) is 22.3 Å². The molecule has 2 aromatic rings. The lowest BCUT2D eigenvalue weighted by Crippen LogP contribution is -2.37. The van der Waals surface area contributed by atoms with Gasteiger partial charge in [-0.2, -0.15) is 5.10 Å². The van der Waals surface area contributed by atoms with Gasteiger partial charge in [-0.3, -0.25) is 4.79 Å². The minimum Gasteiger partial charge on any atom is -0.353 e. The lowest BCUT2D eigenvalue weighted by Gasteiger charge is -2.22. The molecule has 0 radical (unpaired) electrons. The van der Waals surface area contributed by atoms with Gasteiger partial charge >= 0.3 is 0 Å². The number of rotatable bonds is 4. The Morgan fingerprint density at radius 1 is 1.21 bits per heavy atom. The van der Waals surface area contributed by atoms with Gasteiger partial charge in [-0.1, -0.05) is 30.9 Å². The zero-order valence-electron chi connectivity index (χ0n) is 14.3. The fourth-order valence-corrected chi connectivity index (χ4v) is 3.58. The van der Waals surface area contributed by atoms with Crippen molar-refractivity contribution in [2.75, 3.05) is 0 Å². The number of halogens is 1. The first-order chi connectivity index (χ1) is 11.5. The van der Waals surface area contributed by atoms with E-state index in [0.29, 0.717) is 17.5 Å². The standard InChI is InChI=1S/C19H24ClN3O/c1-13-18(12-19(24)21-16-6-4-3-5-7-16)14(2)23(22-13)17-10-8-15(20)9-11-17/h8-11,16H,3-7,12H2,1-2H3,(H,21,24). The Kier molecular flexibility index (Phi) is 5.24. The van der Waals surface area contributed by atoms with Crippen LogP contribution >= 0.6 is 11.6 Å². The van der Waals surface area contributed by atoms with E-state index >= 15 is 0 Å². The van der Waals surface area contributed by atoms with E-state index in [4.69, 9.17) is 11.6 Å². The zero-order chi connectivity index (χ0) is 17.1. The highest BCUT2D eigenvalue weighted by molar-refractivity contribution is 6.30. The Morgan fingerprint density at radius 2 is 1.88 bits per heavy atom. The van der Waals surface area contributed by atoms with Crippen LogP contribution in [0, 0.1) is 13.8 Å². The second-order valence-corrected chi connectivity index (χ2v) is 7.05. The van der Waals surface area contributed by atoms with Crippen LogP contribution in [0.5, 0.6) is 0 Å². The summed E-state index contributed by atoms with van der Waals surface area (Å²) in [5.74, 6) is 0.101. The van der Waals surface area contributed by atoms with E-state index in [0.717, 1.165) is 35.5 Å². The normalized spacial score (nSPS) is 15.5. The summed E-state index contributed by atoms with van der Waals surface area (Å²) in [6.07, 6.45) is 6.33. The first-order valence-corrected chi connectivity index (χ1v) is 9.03. The van der Waals surface area contributed by atoms with E-state index < -0.39 is 0 Å². The maximum Gasteiger partial charge on any atom is 0.224 e. The van der Waals surface area contributed by atoms with Crippen LogP contribution in [-0.2, 0) is 11.2 Å². The summed E-state index contributed by atoms with van der Waals surface area (Å²) in [6.45, 7) is 3.97. The Morgan fingerprint density at radius 3 is 2.54 bits per heavy atom. The number of carbonyl (C=O) groups is 1. The van der Waals surface area contributed by atoms with Crippen molar-refractivity contribution in [2.24, 2.45) is 0 Å². The van der Waals surface area contributed by atoms with Gasteiger partial charge < -0.3 is 5.32 Å². The van der Waals surface area contributed by atoms with Crippen LogP contribution in [0.2, 0.25) is 5.02 Å². The summed E-state index contributed by atoms with van der Waals surface area (Å²) >= 11 is 5.95.